The number of nitrogens with zero attached hydrogens (tertiary/aromatic N) is 2. The molecule has 1 N–H and O–H groups in total. The van der Waals surface area contributed by atoms with E-state index in [2.05, 4.69) is 12.6 Å². The van der Waals surface area contributed by atoms with E-state index < -0.39 is 20.6 Å². The number of aromatic nitrogens is 1. The summed E-state index contributed by atoms with van der Waals surface area (Å²) in [5.74, 6) is -1.41. The molecular formula is C12H16N2O5S2. The third-order valence-electron chi connectivity index (χ3n) is 3.84. The SMILES string of the molecule is C[C@@](CCN1Cc2cc(S)cn2C1=O)(C(=O)O)S(C)(=O)=O. The smallest absolute Gasteiger partial charge is 0.328 e. The first-order valence-electron chi connectivity index (χ1n) is 6.19. The number of hydrogen-bond donors (Lipinski definition) is 2. The van der Waals surface area contributed by atoms with Gasteiger partial charge in [0, 0.05) is 29.6 Å². The third kappa shape index (κ3) is 2.67. The Kier molecular flexibility index (Phi) is 3.83. The summed E-state index contributed by atoms with van der Waals surface area (Å²) in [5, 5.41) is 9.18. The van der Waals surface area contributed by atoms with E-state index in [1.54, 1.807) is 12.3 Å². The molecule has 0 fully saturated rings. The van der Waals surface area contributed by atoms with Crippen molar-refractivity contribution < 1.29 is 23.1 Å². The number of rotatable bonds is 5. The quantitative estimate of drug-likeness (QED) is 0.779. The van der Waals surface area contributed by atoms with Gasteiger partial charge in [0.25, 0.3) is 0 Å². The van der Waals surface area contributed by atoms with Gasteiger partial charge in [0.15, 0.2) is 14.6 Å². The lowest BCUT2D eigenvalue weighted by Crippen LogP contribution is -2.45. The zero-order valence-electron chi connectivity index (χ0n) is 11.6. The van der Waals surface area contributed by atoms with Crippen LogP contribution >= 0.6 is 12.6 Å². The molecule has 0 aromatic carbocycles. The molecule has 1 atom stereocenters. The van der Waals surface area contributed by atoms with Gasteiger partial charge in [-0.1, -0.05) is 0 Å². The summed E-state index contributed by atoms with van der Waals surface area (Å²) in [5.41, 5.74) is 0.751. The van der Waals surface area contributed by atoms with E-state index in [0.717, 1.165) is 18.9 Å². The van der Waals surface area contributed by atoms with Crippen LogP contribution in [0.2, 0.25) is 0 Å². The van der Waals surface area contributed by atoms with Gasteiger partial charge >= 0.3 is 12.0 Å². The maximum Gasteiger partial charge on any atom is 0.328 e. The topological polar surface area (TPSA) is 96.7 Å². The van der Waals surface area contributed by atoms with Gasteiger partial charge < -0.3 is 10.0 Å². The normalized spacial score (nSPS) is 17.7. The van der Waals surface area contributed by atoms with Gasteiger partial charge in [-0.05, 0) is 19.4 Å². The van der Waals surface area contributed by atoms with Crippen LogP contribution in [0.15, 0.2) is 17.2 Å². The van der Waals surface area contributed by atoms with Crippen LogP contribution in [0.5, 0.6) is 0 Å². The van der Waals surface area contributed by atoms with Crippen molar-refractivity contribution in [1.29, 1.82) is 0 Å². The molecule has 1 aromatic rings. The van der Waals surface area contributed by atoms with E-state index in [1.165, 1.54) is 9.47 Å². The number of amides is 1. The van der Waals surface area contributed by atoms with Gasteiger partial charge in [0.05, 0.1) is 6.54 Å². The number of aliphatic carboxylic acids is 1. The van der Waals surface area contributed by atoms with Crippen molar-refractivity contribution in [1.82, 2.24) is 9.47 Å². The number of sulfone groups is 1. The average molecular weight is 332 g/mol. The molecule has 1 aromatic heterocycles. The highest BCUT2D eigenvalue weighted by Crippen LogP contribution is 2.26. The van der Waals surface area contributed by atoms with Crippen molar-refractivity contribution in [3.63, 3.8) is 0 Å². The standard InChI is InChI=1S/C12H16N2O5S2/c1-12(10(15)16,21(2,18)19)3-4-13-6-8-5-9(20)7-14(8)11(13)17/h5,7,20H,3-4,6H2,1-2H3,(H,15,16)/t12-/m1/s1. The molecule has 0 saturated carbocycles. The maximum atomic E-state index is 12.1. The van der Waals surface area contributed by atoms with E-state index in [9.17, 15) is 23.1 Å². The number of thiol groups is 1. The van der Waals surface area contributed by atoms with Crippen LogP contribution in [0.3, 0.4) is 0 Å². The first-order chi connectivity index (χ1) is 9.56. The van der Waals surface area contributed by atoms with Crippen molar-refractivity contribution in [2.24, 2.45) is 0 Å². The predicted octanol–water partition coefficient (Wildman–Crippen LogP) is 0.839. The van der Waals surface area contributed by atoms with Crippen LogP contribution < -0.4 is 0 Å². The summed E-state index contributed by atoms with van der Waals surface area (Å²) in [6, 6.07) is 1.44. The molecule has 2 heterocycles. The Morgan fingerprint density at radius 2 is 2.14 bits per heavy atom. The molecule has 7 nitrogen and oxygen atoms in total. The summed E-state index contributed by atoms with van der Waals surface area (Å²) in [6.07, 6.45) is 2.31. The molecule has 1 aliphatic rings. The number of carbonyl (C=O) groups is 2. The highest BCUT2D eigenvalue weighted by molar-refractivity contribution is 7.92. The van der Waals surface area contributed by atoms with Crippen LogP contribution in [0.1, 0.15) is 19.0 Å². The molecule has 116 valence electrons. The minimum atomic E-state index is -3.79. The monoisotopic (exact) mass is 332 g/mol. The van der Waals surface area contributed by atoms with E-state index in [0.29, 0.717) is 11.4 Å². The number of fused-ring (bicyclic) bond motifs is 1. The summed E-state index contributed by atoms with van der Waals surface area (Å²) in [4.78, 5) is 25.5. The Bertz CT molecular complexity index is 709. The highest BCUT2D eigenvalue weighted by atomic mass is 32.2. The molecule has 0 saturated heterocycles. The first-order valence-corrected chi connectivity index (χ1v) is 8.52. The van der Waals surface area contributed by atoms with Gasteiger partial charge in [-0.2, -0.15) is 0 Å². The van der Waals surface area contributed by atoms with Crippen molar-refractivity contribution in [3.05, 3.63) is 18.0 Å². The van der Waals surface area contributed by atoms with E-state index in [-0.39, 0.29) is 19.0 Å². The van der Waals surface area contributed by atoms with Crippen molar-refractivity contribution in [3.8, 4) is 0 Å². The van der Waals surface area contributed by atoms with E-state index in [1.807, 2.05) is 0 Å². The van der Waals surface area contributed by atoms with Crippen LogP contribution in [0.4, 0.5) is 4.79 Å². The molecule has 21 heavy (non-hydrogen) atoms. The zero-order valence-corrected chi connectivity index (χ0v) is 13.3. The number of carbonyl (C=O) groups excluding carboxylic acids is 1. The fraction of sp³-hybridized carbons (Fsp3) is 0.500. The average Bonchev–Trinajstić information content (AvgIpc) is 2.83. The molecule has 2 rings (SSSR count). The van der Waals surface area contributed by atoms with Crippen molar-refractivity contribution in [2.75, 3.05) is 12.8 Å². The second kappa shape index (κ2) is 5.06. The summed E-state index contributed by atoms with van der Waals surface area (Å²) < 4.78 is 22.9. The molecule has 0 unspecified atom stereocenters. The molecule has 1 aliphatic heterocycles. The second-order valence-electron chi connectivity index (χ2n) is 5.32. The molecular weight excluding hydrogens is 316 g/mol. The summed E-state index contributed by atoms with van der Waals surface area (Å²) in [7, 11) is -3.79. The Balaban J connectivity index is 2.13. The van der Waals surface area contributed by atoms with Gasteiger partial charge in [-0.25, -0.2) is 13.2 Å². The highest BCUT2D eigenvalue weighted by Gasteiger charge is 2.44. The molecule has 0 bridgehead atoms. The first kappa shape index (κ1) is 15.9. The molecule has 9 heteroatoms. The lowest BCUT2D eigenvalue weighted by molar-refractivity contribution is -0.139. The third-order valence-corrected chi connectivity index (χ3v) is 6.10. The van der Waals surface area contributed by atoms with Crippen LogP contribution in [0.25, 0.3) is 0 Å². The van der Waals surface area contributed by atoms with Gasteiger partial charge in [0.1, 0.15) is 0 Å². The fourth-order valence-corrected chi connectivity index (χ4v) is 3.23. The van der Waals surface area contributed by atoms with Crippen molar-refractivity contribution in [2.45, 2.75) is 29.5 Å². The number of hydrogen-bond acceptors (Lipinski definition) is 5. The summed E-state index contributed by atoms with van der Waals surface area (Å²) in [6.45, 7) is 1.54. The van der Waals surface area contributed by atoms with Crippen LogP contribution in [0, 0.1) is 0 Å². The maximum absolute atomic E-state index is 12.1. The van der Waals surface area contributed by atoms with Gasteiger partial charge in [0.2, 0.25) is 0 Å². The second-order valence-corrected chi connectivity index (χ2v) is 8.28. The molecule has 0 spiro atoms. The van der Waals surface area contributed by atoms with E-state index >= 15 is 0 Å². The minimum absolute atomic E-state index is 0.0539. The Hall–Kier alpha value is -1.48. The largest absolute Gasteiger partial charge is 0.480 e. The molecule has 0 aliphatic carbocycles. The zero-order chi connectivity index (χ0) is 16.0. The molecule has 1 amide bonds. The Labute approximate surface area is 127 Å². The Morgan fingerprint density at radius 3 is 2.62 bits per heavy atom. The minimum Gasteiger partial charge on any atom is -0.480 e. The van der Waals surface area contributed by atoms with Gasteiger partial charge in [-0.15, -0.1) is 12.6 Å². The molecule has 0 radical (unpaired) electrons. The van der Waals surface area contributed by atoms with Crippen LogP contribution in [-0.4, -0.2) is 52.5 Å². The summed E-state index contributed by atoms with van der Waals surface area (Å²) >= 11 is 4.15. The fourth-order valence-electron chi connectivity index (χ4n) is 2.18. The lowest BCUT2D eigenvalue weighted by Gasteiger charge is -2.25. The van der Waals surface area contributed by atoms with Gasteiger partial charge in [-0.3, -0.25) is 9.36 Å². The van der Waals surface area contributed by atoms with Crippen LogP contribution in [-0.2, 0) is 21.2 Å². The number of carboxylic acids is 1. The van der Waals surface area contributed by atoms with E-state index in [4.69, 9.17) is 0 Å². The predicted molar refractivity (Wildman–Crippen MR) is 78.4 cm³/mol. The van der Waals surface area contributed by atoms with Crippen molar-refractivity contribution >= 4 is 34.5 Å². The lowest BCUT2D eigenvalue weighted by atomic mass is 10.1. The number of carboxylic acid groups (broad SMARTS) is 1. The Morgan fingerprint density at radius 1 is 1.52 bits per heavy atom.